The van der Waals surface area contributed by atoms with Gasteiger partial charge < -0.3 is 10.1 Å². The van der Waals surface area contributed by atoms with Crippen molar-refractivity contribution in [2.45, 2.75) is 18.2 Å². The van der Waals surface area contributed by atoms with Crippen molar-refractivity contribution in [1.29, 1.82) is 0 Å². The van der Waals surface area contributed by atoms with E-state index in [2.05, 4.69) is 15.3 Å². The van der Waals surface area contributed by atoms with Gasteiger partial charge in [0.1, 0.15) is 17.3 Å². The van der Waals surface area contributed by atoms with Crippen LogP contribution in [0.2, 0.25) is 0 Å². The molecule has 1 N–H and O–H groups in total. The summed E-state index contributed by atoms with van der Waals surface area (Å²) in [5.74, 6) is -0.271. The maximum atomic E-state index is 12.6. The lowest BCUT2D eigenvalue weighted by atomic mass is 10.2. The van der Waals surface area contributed by atoms with Crippen LogP contribution in [0.15, 0.2) is 42.6 Å². The van der Waals surface area contributed by atoms with Gasteiger partial charge in [-0.15, -0.1) is 0 Å². The molecule has 1 saturated heterocycles. The predicted molar refractivity (Wildman–Crippen MR) is 105 cm³/mol. The number of carbonyl (C=O) groups excluding carboxylic acids is 2. The second-order valence-electron chi connectivity index (χ2n) is 6.23. The standard InChI is InChI=1S/C19H22N4O4S/c1-27-12-5-4-11-21-18(25)14-7-6-8-15(22-14)19-23(17(24)13-28(19)26)16-9-2-3-10-20-16/h2-3,6-10,19H,4-5,11-13H2,1H3,(H,21,25). The van der Waals surface area contributed by atoms with Crippen molar-refractivity contribution in [2.24, 2.45) is 0 Å². The smallest absolute Gasteiger partial charge is 0.269 e. The van der Waals surface area contributed by atoms with Gasteiger partial charge in [-0.3, -0.25) is 18.7 Å². The first-order valence-corrected chi connectivity index (χ1v) is 10.3. The van der Waals surface area contributed by atoms with Gasteiger partial charge in [0.05, 0.1) is 16.5 Å². The van der Waals surface area contributed by atoms with Gasteiger partial charge >= 0.3 is 0 Å². The van der Waals surface area contributed by atoms with Gasteiger partial charge in [-0.2, -0.15) is 0 Å². The molecule has 0 bridgehead atoms. The summed E-state index contributed by atoms with van der Waals surface area (Å²) in [6, 6.07) is 10.1. The normalized spacial score (nSPS) is 19.0. The second kappa shape index (κ2) is 9.52. The number of hydrogen-bond acceptors (Lipinski definition) is 6. The summed E-state index contributed by atoms with van der Waals surface area (Å²) < 4.78 is 17.6. The van der Waals surface area contributed by atoms with E-state index in [1.165, 1.54) is 4.90 Å². The molecule has 3 rings (SSSR count). The lowest BCUT2D eigenvalue weighted by Crippen LogP contribution is -2.31. The number of ether oxygens (including phenoxy) is 1. The molecule has 2 aromatic heterocycles. The Morgan fingerprint density at radius 2 is 2.14 bits per heavy atom. The largest absolute Gasteiger partial charge is 0.385 e. The number of anilines is 1. The van der Waals surface area contributed by atoms with Crippen molar-refractivity contribution in [3.8, 4) is 0 Å². The quantitative estimate of drug-likeness (QED) is 0.670. The second-order valence-corrected chi connectivity index (χ2v) is 7.73. The van der Waals surface area contributed by atoms with E-state index in [-0.39, 0.29) is 23.3 Å². The van der Waals surface area contributed by atoms with E-state index in [0.29, 0.717) is 24.7 Å². The van der Waals surface area contributed by atoms with Crippen LogP contribution in [0.3, 0.4) is 0 Å². The van der Waals surface area contributed by atoms with Crippen LogP contribution in [-0.2, 0) is 20.3 Å². The van der Waals surface area contributed by atoms with Crippen LogP contribution < -0.4 is 10.2 Å². The topological polar surface area (TPSA) is 101 Å². The Morgan fingerprint density at radius 3 is 2.89 bits per heavy atom. The van der Waals surface area contributed by atoms with E-state index in [9.17, 15) is 13.8 Å². The fraction of sp³-hybridized carbons (Fsp3) is 0.368. The van der Waals surface area contributed by atoms with E-state index < -0.39 is 16.2 Å². The number of pyridine rings is 2. The molecule has 148 valence electrons. The molecule has 28 heavy (non-hydrogen) atoms. The lowest BCUT2D eigenvalue weighted by Gasteiger charge is -2.22. The number of amides is 2. The summed E-state index contributed by atoms with van der Waals surface area (Å²) in [7, 11) is 0.164. The number of unbranched alkanes of at least 4 members (excludes halogenated alkanes) is 1. The molecule has 0 spiro atoms. The van der Waals surface area contributed by atoms with Gasteiger partial charge in [0.25, 0.3) is 5.91 Å². The Labute approximate surface area is 165 Å². The third-order valence-corrected chi connectivity index (χ3v) is 5.71. The minimum Gasteiger partial charge on any atom is -0.385 e. The molecule has 2 atom stereocenters. The van der Waals surface area contributed by atoms with Crippen molar-refractivity contribution in [3.63, 3.8) is 0 Å². The highest BCUT2D eigenvalue weighted by atomic mass is 32.2. The molecular formula is C19H22N4O4S. The van der Waals surface area contributed by atoms with Gasteiger partial charge in [-0.25, -0.2) is 9.97 Å². The number of hydrogen-bond donors (Lipinski definition) is 1. The highest BCUT2D eigenvalue weighted by Crippen LogP contribution is 2.33. The summed E-state index contributed by atoms with van der Waals surface area (Å²) in [6.07, 6.45) is 3.22. The first-order valence-electron chi connectivity index (χ1n) is 8.96. The van der Waals surface area contributed by atoms with Crippen molar-refractivity contribution in [2.75, 3.05) is 30.9 Å². The molecule has 9 heteroatoms. The van der Waals surface area contributed by atoms with Gasteiger partial charge in [-0.1, -0.05) is 12.1 Å². The van der Waals surface area contributed by atoms with Gasteiger partial charge in [-0.05, 0) is 37.1 Å². The lowest BCUT2D eigenvalue weighted by molar-refractivity contribution is -0.115. The molecular weight excluding hydrogens is 380 g/mol. The van der Waals surface area contributed by atoms with E-state index in [4.69, 9.17) is 4.74 Å². The molecule has 0 aliphatic carbocycles. The summed E-state index contributed by atoms with van der Waals surface area (Å²) in [5.41, 5.74) is 0.628. The predicted octanol–water partition coefficient (Wildman–Crippen LogP) is 1.43. The molecule has 2 amide bonds. The number of nitrogens with one attached hydrogen (secondary N) is 1. The van der Waals surface area contributed by atoms with Gasteiger partial charge in [0.15, 0.2) is 5.37 Å². The highest BCUT2D eigenvalue weighted by Gasteiger charge is 2.41. The molecule has 8 nitrogen and oxygen atoms in total. The molecule has 0 aromatic carbocycles. The zero-order valence-electron chi connectivity index (χ0n) is 15.5. The van der Waals surface area contributed by atoms with Crippen LogP contribution in [0, 0.1) is 0 Å². The van der Waals surface area contributed by atoms with Crippen molar-refractivity contribution >= 4 is 28.4 Å². The van der Waals surface area contributed by atoms with Crippen LogP contribution in [0.5, 0.6) is 0 Å². The molecule has 2 aromatic rings. The molecule has 0 saturated carbocycles. The van der Waals surface area contributed by atoms with Gasteiger partial charge in [0.2, 0.25) is 5.91 Å². The first kappa shape index (κ1) is 20.1. The highest BCUT2D eigenvalue weighted by molar-refractivity contribution is 7.86. The fourth-order valence-corrected chi connectivity index (χ4v) is 4.31. The van der Waals surface area contributed by atoms with Crippen molar-refractivity contribution in [1.82, 2.24) is 15.3 Å². The monoisotopic (exact) mass is 402 g/mol. The van der Waals surface area contributed by atoms with Gasteiger partial charge in [0, 0.05) is 26.5 Å². The Hall–Kier alpha value is -2.65. The Morgan fingerprint density at radius 1 is 1.29 bits per heavy atom. The summed E-state index contributed by atoms with van der Waals surface area (Å²) in [6.45, 7) is 1.16. The summed E-state index contributed by atoms with van der Waals surface area (Å²) in [5, 5.41) is 2.05. The van der Waals surface area contributed by atoms with Crippen LogP contribution in [-0.4, -0.2) is 52.0 Å². The van der Waals surface area contributed by atoms with E-state index >= 15 is 0 Å². The van der Waals surface area contributed by atoms with Crippen molar-refractivity contribution in [3.05, 3.63) is 54.0 Å². The van der Waals surface area contributed by atoms with Crippen molar-refractivity contribution < 1.29 is 18.5 Å². The maximum absolute atomic E-state index is 12.6. The Kier molecular flexibility index (Phi) is 6.83. The van der Waals surface area contributed by atoms with Crippen LogP contribution in [0.1, 0.15) is 34.4 Å². The van der Waals surface area contributed by atoms with Crippen LogP contribution in [0.4, 0.5) is 5.82 Å². The Bertz CT molecular complexity index is 862. The average Bonchev–Trinajstić information content (AvgIpc) is 3.02. The number of carbonyl (C=O) groups is 2. The number of nitrogens with zero attached hydrogens (tertiary/aromatic N) is 3. The average molecular weight is 402 g/mol. The molecule has 2 unspecified atom stereocenters. The minimum absolute atomic E-state index is 0.0984. The number of rotatable bonds is 8. The third kappa shape index (κ3) is 4.60. The molecule has 1 aliphatic rings. The van der Waals surface area contributed by atoms with E-state index in [1.807, 2.05) is 0 Å². The number of methoxy groups -OCH3 is 1. The number of aromatic nitrogens is 2. The molecule has 0 radical (unpaired) electrons. The van der Waals surface area contributed by atoms with Crippen LogP contribution in [0.25, 0.3) is 0 Å². The summed E-state index contributed by atoms with van der Waals surface area (Å²) >= 11 is 0. The van der Waals surface area contributed by atoms with E-state index in [0.717, 1.165) is 12.8 Å². The first-order chi connectivity index (χ1) is 13.6. The molecule has 1 fully saturated rings. The zero-order valence-corrected chi connectivity index (χ0v) is 16.4. The van der Waals surface area contributed by atoms with Crippen LogP contribution >= 0.6 is 0 Å². The minimum atomic E-state index is -1.47. The third-order valence-electron chi connectivity index (χ3n) is 4.23. The zero-order chi connectivity index (χ0) is 19.9. The molecule has 3 heterocycles. The molecule has 1 aliphatic heterocycles. The maximum Gasteiger partial charge on any atom is 0.269 e. The SMILES string of the molecule is COCCCCNC(=O)c1cccc(C2N(c3ccccn3)C(=O)CS2=O)n1. The Balaban J connectivity index is 1.77. The fourth-order valence-electron chi connectivity index (χ4n) is 2.91. The summed E-state index contributed by atoms with van der Waals surface area (Å²) in [4.78, 5) is 34.7. The van der Waals surface area contributed by atoms with E-state index in [1.54, 1.807) is 49.7 Å².